The van der Waals surface area contributed by atoms with Crippen LogP contribution in [-0.2, 0) is 9.59 Å². The van der Waals surface area contributed by atoms with Gasteiger partial charge in [-0.2, -0.15) is 0 Å². The first kappa shape index (κ1) is 11.9. The summed E-state index contributed by atoms with van der Waals surface area (Å²) in [5.41, 5.74) is 4.06. The molecule has 0 aromatic rings. The minimum absolute atomic E-state index is 0.159. The van der Waals surface area contributed by atoms with E-state index in [9.17, 15) is 14.7 Å². The molecule has 1 aliphatic heterocycles. The molecule has 0 spiro atoms. The third kappa shape index (κ3) is 1.93. The molecule has 1 aliphatic rings. The van der Waals surface area contributed by atoms with Crippen LogP contribution in [0.15, 0.2) is 12.7 Å². The quantitative estimate of drug-likeness (QED) is 0.535. The molecule has 0 radical (unpaired) electrons. The van der Waals surface area contributed by atoms with Gasteiger partial charge in [-0.05, 0) is 19.4 Å². The first-order chi connectivity index (χ1) is 7.08. The van der Waals surface area contributed by atoms with E-state index in [0.29, 0.717) is 13.0 Å². The lowest BCUT2D eigenvalue weighted by Gasteiger charge is -2.30. The minimum atomic E-state index is -1.20. The molecule has 2 atom stereocenters. The highest BCUT2D eigenvalue weighted by Gasteiger charge is 2.49. The molecule has 0 aliphatic carbocycles. The Balaban J connectivity index is 3.01. The van der Waals surface area contributed by atoms with Crippen LogP contribution in [0.25, 0.3) is 0 Å². The van der Waals surface area contributed by atoms with Crippen molar-refractivity contribution in [2.24, 2.45) is 11.7 Å². The van der Waals surface area contributed by atoms with Gasteiger partial charge < -0.3 is 16.2 Å². The van der Waals surface area contributed by atoms with Crippen molar-refractivity contribution in [3.05, 3.63) is 12.7 Å². The molecule has 0 bridgehead atoms. The zero-order valence-electron chi connectivity index (χ0n) is 8.53. The van der Waals surface area contributed by atoms with Crippen LogP contribution in [-0.4, -0.2) is 35.5 Å². The number of carbonyl (C=O) groups excluding carboxylic acids is 1. The Morgan fingerprint density at radius 1 is 1.67 bits per heavy atom. The lowest BCUT2D eigenvalue weighted by Crippen LogP contribution is -2.56. The molecule has 84 valence electrons. The van der Waals surface area contributed by atoms with Crippen LogP contribution in [0.2, 0.25) is 0 Å². The van der Waals surface area contributed by atoms with Crippen molar-refractivity contribution in [3.63, 3.8) is 0 Å². The van der Waals surface area contributed by atoms with Gasteiger partial charge in [-0.3, -0.25) is 9.59 Å². The molecule has 0 aromatic heterocycles. The second kappa shape index (κ2) is 4.55. The number of nitrogens with one attached hydrogen (secondary N) is 1. The predicted octanol–water partition coefficient (Wildman–Crippen LogP) is -0.477. The summed E-state index contributed by atoms with van der Waals surface area (Å²) in [6.07, 6.45) is 2.56. The molecule has 0 amide bonds. The number of hydrogen-bond donors (Lipinski definition) is 3. The van der Waals surface area contributed by atoms with Gasteiger partial charge in [0.1, 0.15) is 5.54 Å². The van der Waals surface area contributed by atoms with Crippen LogP contribution in [0.1, 0.15) is 12.8 Å². The van der Waals surface area contributed by atoms with E-state index in [2.05, 4.69) is 11.9 Å². The van der Waals surface area contributed by atoms with Gasteiger partial charge >= 0.3 is 5.97 Å². The first-order valence-corrected chi connectivity index (χ1v) is 4.92. The maximum atomic E-state index is 11.5. The van der Waals surface area contributed by atoms with E-state index in [-0.39, 0.29) is 12.3 Å². The smallest absolute Gasteiger partial charge is 0.324 e. The molecule has 1 saturated heterocycles. The average molecular weight is 212 g/mol. The molecule has 0 saturated carbocycles. The third-order valence-corrected chi connectivity index (χ3v) is 2.88. The molecular weight excluding hydrogens is 196 g/mol. The Morgan fingerprint density at radius 3 is 2.67 bits per heavy atom. The fourth-order valence-electron chi connectivity index (χ4n) is 2.08. The van der Waals surface area contributed by atoms with Gasteiger partial charge in [-0.25, -0.2) is 0 Å². The van der Waals surface area contributed by atoms with Crippen molar-refractivity contribution < 1.29 is 14.7 Å². The van der Waals surface area contributed by atoms with E-state index in [4.69, 9.17) is 5.73 Å². The van der Waals surface area contributed by atoms with E-state index in [0.717, 1.165) is 6.42 Å². The summed E-state index contributed by atoms with van der Waals surface area (Å²) in [6.45, 7) is 3.97. The number of hydrogen-bond acceptors (Lipinski definition) is 4. The third-order valence-electron chi connectivity index (χ3n) is 2.88. The van der Waals surface area contributed by atoms with Crippen molar-refractivity contribution in [3.8, 4) is 0 Å². The van der Waals surface area contributed by atoms with E-state index in [1.807, 2.05) is 0 Å². The van der Waals surface area contributed by atoms with Gasteiger partial charge in [-0.1, -0.05) is 6.08 Å². The number of carboxylic acid groups (broad SMARTS) is 1. The summed E-state index contributed by atoms with van der Waals surface area (Å²) in [4.78, 5) is 22.8. The van der Waals surface area contributed by atoms with Crippen LogP contribution < -0.4 is 11.1 Å². The first-order valence-electron chi connectivity index (χ1n) is 4.92. The van der Waals surface area contributed by atoms with Crippen molar-refractivity contribution in [1.29, 1.82) is 0 Å². The lowest BCUT2D eigenvalue weighted by atomic mass is 9.80. The zero-order chi connectivity index (χ0) is 11.5. The topological polar surface area (TPSA) is 92.4 Å². The van der Waals surface area contributed by atoms with Crippen molar-refractivity contribution in [2.45, 2.75) is 18.4 Å². The molecular formula is C10H16N2O3. The molecule has 1 heterocycles. The largest absolute Gasteiger partial charge is 0.480 e. The summed E-state index contributed by atoms with van der Waals surface area (Å²) in [5.74, 6) is -2.05. The number of ketones is 1. The van der Waals surface area contributed by atoms with Crippen LogP contribution >= 0.6 is 0 Å². The van der Waals surface area contributed by atoms with Crippen molar-refractivity contribution in [2.75, 3.05) is 13.1 Å². The molecule has 15 heavy (non-hydrogen) atoms. The SMILES string of the molecule is C=CC(C(=O)CN)C1(C(=O)O)CCCN1. The summed E-state index contributed by atoms with van der Waals surface area (Å²) in [5, 5.41) is 12.1. The lowest BCUT2D eigenvalue weighted by molar-refractivity contribution is -0.148. The molecule has 1 fully saturated rings. The number of carboxylic acids is 1. The molecule has 0 aromatic carbocycles. The standard InChI is InChI=1S/C10H16N2O3/c1-2-7(8(13)6-11)10(9(14)15)4-3-5-12-10/h2,7,12H,1,3-6,11H2,(H,14,15). The summed E-state index contributed by atoms with van der Waals surface area (Å²) < 4.78 is 0. The Kier molecular flexibility index (Phi) is 3.60. The van der Waals surface area contributed by atoms with Crippen molar-refractivity contribution >= 4 is 11.8 Å². The molecule has 1 rings (SSSR count). The molecule has 4 N–H and O–H groups in total. The van der Waals surface area contributed by atoms with Gasteiger partial charge in [0.05, 0.1) is 12.5 Å². The highest BCUT2D eigenvalue weighted by Crippen LogP contribution is 2.29. The Hall–Kier alpha value is -1.20. The van der Waals surface area contributed by atoms with Crippen LogP contribution in [0.3, 0.4) is 0 Å². The Bertz CT molecular complexity index is 282. The average Bonchev–Trinajstić information content (AvgIpc) is 2.69. The normalized spacial score (nSPS) is 27.3. The number of carbonyl (C=O) groups is 2. The summed E-state index contributed by atoms with van der Waals surface area (Å²) in [7, 11) is 0. The maximum absolute atomic E-state index is 11.5. The highest BCUT2D eigenvalue weighted by atomic mass is 16.4. The number of rotatable bonds is 5. The van der Waals surface area contributed by atoms with E-state index < -0.39 is 17.4 Å². The second-order valence-electron chi connectivity index (χ2n) is 3.69. The number of Topliss-reactive ketones (excluding diaryl/α,β-unsaturated/α-hetero) is 1. The van der Waals surface area contributed by atoms with Gasteiger partial charge in [-0.15, -0.1) is 6.58 Å². The Labute approximate surface area is 88.3 Å². The van der Waals surface area contributed by atoms with Crippen LogP contribution in [0.4, 0.5) is 0 Å². The number of nitrogens with two attached hydrogens (primary N) is 1. The monoisotopic (exact) mass is 212 g/mol. The van der Waals surface area contributed by atoms with Gasteiger partial charge in [0.2, 0.25) is 0 Å². The molecule has 2 unspecified atom stereocenters. The maximum Gasteiger partial charge on any atom is 0.324 e. The van der Waals surface area contributed by atoms with Gasteiger partial charge in [0, 0.05) is 0 Å². The van der Waals surface area contributed by atoms with Gasteiger partial charge in [0.25, 0.3) is 0 Å². The van der Waals surface area contributed by atoms with Crippen LogP contribution in [0, 0.1) is 5.92 Å². The fourth-order valence-corrected chi connectivity index (χ4v) is 2.08. The molecule has 5 heteroatoms. The highest BCUT2D eigenvalue weighted by molar-refractivity contribution is 5.93. The summed E-state index contributed by atoms with van der Waals surface area (Å²) in [6, 6.07) is 0. The van der Waals surface area contributed by atoms with Crippen LogP contribution in [0.5, 0.6) is 0 Å². The van der Waals surface area contributed by atoms with E-state index in [1.165, 1.54) is 6.08 Å². The van der Waals surface area contributed by atoms with E-state index >= 15 is 0 Å². The predicted molar refractivity (Wildman–Crippen MR) is 55.4 cm³/mol. The van der Waals surface area contributed by atoms with Crippen molar-refractivity contribution in [1.82, 2.24) is 5.32 Å². The molecule has 5 nitrogen and oxygen atoms in total. The summed E-state index contributed by atoms with van der Waals surface area (Å²) >= 11 is 0. The zero-order valence-corrected chi connectivity index (χ0v) is 8.53. The fraction of sp³-hybridized carbons (Fsp3) is 0.600. The number of aliphatic carboxylic acids is 1. The van der Waals surface area contributed by atoms with E-state index in [1.54, 1.807) is 0 Å². The van der Waals surface area contributed by atoms with Gasteiger partial charge in [0.15, 0.2) is 5.78 Å². The second-order valence-corrected chi connectivity index (χ2v) is 3.69. The minimum Gasteiger partial charge on any atom is -0.480 e. The Morgan fingerprint density at radius 2 is 2.33 bits per heavy atom.